The molecule has 1 fully saturated rings. The quantitative estimate of drug-likeness (QED) is 0.395. The highest BCUT2D eigenvalue weighted by Gasteiger charge is 2.53. The zero-order valence-electron chi connectivity index (χ0n) is 15.7. The molecule has 0 heterocycles. The molecule has 1 rings (SSSR count). The maximum absolute atomic E-state index is 12.5. The van der Waals surface area contributed by atoms with Crippen LogP contribution in [0.4, 0.5) is 0 Å². The summed E-state index contributed by atoms with van der Waals surface area (Å²) in [5.74, 6) is -0.108. The number of carbonyl (C=O) groups excluding carboxylic acids is 2. The van der Waals surface area contributed by atoms with Crippen molar-refractivity contribution in [2.45, 2.75) is 78.1 Å². The van der Waals surface area contributed by atoms with Crippen LogP contribution in [-0.2, 0) is 18.8 Å². The number of ether oxygens (including phenoxy) is 1. The summed E-state index contributed by atoms with van der Waals surface area (Å²) in [5.41, 5.74) is -0.313. The predicted molar refractivity (Wildman–Crippen MR) is 94.8 cm³/mol. The Morgan fingerprint density at radius 1 is 1.39 bits per heavy atom. The van der Waals surface area contributed by atoms with Crippen LogP contribution in [0.5, 0.6) is 0 Å². The molecule has 0 spiro atoms. The lowest BCUT2D eigenvalue weighted by Gasteiger charge is -2.48. The normalized spacial score (nSPS) is 25.5. The number of esters is 1. The predicted octanol–water partition coefficient (Wildman–Crippen LogP) is 4.26. The molecule has 0 bridgehead atoms. The molecule has 0 unspecified atom stereocenters. The van der Waals surface area contributed by atoms with Gasteiger partial charge in [0.25, 0.3) is 0 Å². The minimum Gasteiger partial charge on any atom is -0.463 e. The first-order chi connectivity index (χ1) is 10.4. The highest BCUT2D eigenvalue weighted by atomic mass is 28.4. The third kappa shape index (κ3) is 5.01. The van der Waals surface area contributed by atoms with Gasteiger partial charge in [-0.1, -0.05) is 33.8 Å². The number of hydrogen-bond acceptors (Lipinski definition) is 4. The third-order valence-electron chi connectivity index (χ3n) is 5.17. The number of allylic oxidation sites excluding steroid dienone is 1. The molecule has 1 saturated carbocycles. The van der Waals surface area contributed by atoms with E-state index in [-0.39, 0.29) is 28.3 Å². The molecule has 23 heavy (non-hydrogen) atoms. The molecule has 0 aromatic carbocycles. The van der Waals surface area contributed by atoms with Gasteiger partial charge >= 0.3 is 5.97 Å². The molecule has 2 atom stereocenters. The van der Waals surface area contributed by atoms with E-state index < -0.39 is 8.32 Å². The summed E-state index contributed by atoms with van der Waals surface area (Å²) in [6.45, 7) is 15.1. The summed E-state index contributed by atoms with van der Waals surface area (Å²) in [5, 5.41) is 0.113. The van der Waals surface area contributed by atoms with Crippen molar-refractivity contribution in [2.75, 3.05) is 6.61 Å². The lowest BCUT2D eigenvalue weighted by Crippen LogP contribution is -2.57. The zero-order valence-corrected chi connectivity index (χ0v) is 16.7. The molecular weight excluding hydrogens is 308 g/mol. The van der Waals surface area contributed by atoms with Crippen LogP contribution >= 0.6 is 0 Å². The molecule has 1 aliphatic rings. The smallest absolute Gasteiger partial charge is 0.330 e. The topological polar surface area (TPSA) is 52.6 Å². The third-order valence-corrected chi connectivity index (χ3v) is 9.66. The number of carbonyl (C=O) groups is 2. The maximum atomic E-state index is 12.5. The van der Waals surface area contributed by atoms with Crippen LogP contribution in [0.25, 0.3) is 0 Å². The fourth-order valence-corrected chi connectivity index (χ4v) is 3.74. The largest absolute Gasteiger partial charge is 0.463 e. The average Bonchev–Trinajstić information content (AvgIpc) is 2.41. The van der Waals surface area contributed by atoms with Crippen molar-refractivity contribution in [3.63, 3.8) is 0 Å². The first kappa shape index (κ1) is 20.1. The zero-order chi connectivity index (χ0) is 17.9. The first-order valence-corrected chi connectivity index (χ1v) is 11.4. The molecule has 0 N–H and O–H groups in total. The van der Waals surface area contributed by atoms with E-state index in [1.807, 2.05) is 6.92 Å². The molecule has 0 aromatic rings. The van der Waals surface area contributed by atoms with Gasteiger partial charge < -0.3 is 9.16 Å². The lowest BCUT2D eigenvalue weighted by atomic mass is 9.64. The Hall–Kier alpha value is -0.943. The van der Waals surface area contributed by atoms with Crippen molar-refractivity contribution < 1.29 is 18.8 Å². The second-order valence-electron chi connectivity index (χ2n) is 8.19. The summed E-state index contributed by atoms with van der Waals surface area (Å²) in [6.07, 6.45) is 5.23. The second-order valence-corrected chi connectivity index (χ2v) is 12.9. The lowest BCUT2D eigenvalue weighted by molar-refractivity contribution is -0.151. The van der Waals surface area contributed by atoms with Crippen LogP contribution < -0.4 is 0 Å². The SMILES string of the molecule is CCOC(=O)/C=C/CC[C@@]1(C)C[C@H](O[Si](C)(C)C(C)(C)C)C1=O. The summed E-state index contributed by atoms with van der Waals surface area (Å²) < 4.78 is 11.1. The summed E-state index contributed by atoms with van der Waals surface area (Å²) in [6, 6.07) is 0. The fourth-order valence-electron chi connectivity index (χ4n) is 2.48. The fraction of sp³-hybridized carbons (Fsp3) is 0.778. The minimum absolute atomic E-state index is 0.113. The molecule has 1 aliphatic carbocycles. The molecule has 0 aliphatic heterocycles. The van der Waals surface area contributed by atoms with Gasteiger partial charge in [-0.25, -0.2) is 4.79 Å². The number of rotatable bonds is 7. The Morgan fingerprint density at radius 2 is 2.00 bits per heavy atom. The van der Waals surface area contributed by atoms with Crippen LogP contribution in [0.2, 0.25) is 18.1 Å². The Balaban J connectivity index is 2.47. The molecule has 0 radical (unpaired) electrons. The van der Waals surface area contributed by atoms with Gasteiger partial charge in [-0.3, -0.25) is 4.79 Å². The number of Topliss-reactive ketones (excluding diaryl/α,β-unsaturated/α-hetero) is 1. The van der Waals surface area contributed by atoms with Crippen LogP contribution in [0.3, 0.4) is 0 Å². The minimum atomic E-state index is -1.90. The highest BCUT2D eigenvalue weighted by Crippen LogP contribution is 2.46. The summed E-state index contributed by atoms with van der Waals surface area (Å²) in [7, 11) is -1.90. The van der Waals surface area contributed by atoms with E-state index >= 15 is 0 Å². The molecule has 0 amide bonds. The van der Waals surface area contributed by atoms with E-state index in [1.165, 1.54) is 6.08 Å². The second kappa shape index (κ2) is 7.30. The van der Waals surface area contributed by atoms with Crippen LogP contribution in [0.15, 0.2) is 12.2 Å². The van der Waals surface area contributed by atoms with Crippen LogP contribution in [0.1, 0.15) is 53.9 Å². The van der Waals surface area contributed by atoms with Crippen LogP contribution in [-0.4, -0.2) is 32.8 Å². The Bertz CT molecular complexity index is 476. The molecule has 0 saturated heterocycles. The van der Waals surface area contributed by atoms with Gasteiger partial charge in [-0.05, 0) is 44.3 Å². The Morgan fingerprint density at radius 3 is 2.48 bits per heavy atom. The average molecular weight is 341 g/mol. The molecule has 132 valence electrons. The van der Waals surface area contributed by atoms with Gasteiger partial charge in [-0.15, -0.1) is 0 Å². The van der Waals surface area contributed by atoms with Gasteiger partial charge in [0.2, 0.25) is 0 Å². The molecule has 5 heteroatoms. The first-order valence-electron chi connectivity index (χ1n) is 8.48. The van der Waals surface area contributed by atoms with Gasteiger partial charge in [0.15, 0.2) is 14.1 Å². The van der Waals surface area contributed by atoms with Gasteiger partial charge in [0.1, 0.15) is 6.10 Å². The van der Waals surface area contributed by atoms with E-state index in [4.69, 9.17) is 9.16 Å². The number of hydrogen-bond donors (Lipinski definition) is 0. The Kier molecular flexibility index (Phi) is 6.38. The number of ketones is 1. The maximum Gasteiger partial charge on any atom is 0.330 e. The standard InChI is InChI=1S/C18H32O4Si/c1-8-21-15(19)11-9-10-12-18(5)13-14(16(18)20)22-23(6,7)17(2,3)4/h9,11,14H,8,10,12-13H2,1-7H3/b11-9+/t14-,18-/m0/s1. The van der Waals surface area contributed by atoms with E-state index in [1.54, 1.807) is 13.0 Å². The van der Waals surface area contributed by atoms with E-state index in [0.717, 1.165) is 12.8 Å². The van der Waals surface area contributed by atoms with Crippen LogP contribution in [0, 0.1) is 5.41 Å². The van der Waals surface area contributed by atoms with Gasteiger partial charge in [0, 0.05) is 11.5 Å². The molecule has 4 nitrogen and oxygen atoms in total. The molecular formula is C18H32O4Si. The summed E-state index contributed by atoms with van der Waals surface area (Å²) in [4.78, 5) is 23.7. The Labute approximate surface area is 141 Å². The van der Waals surface area contributed by atoms with Crippen molar-refractivity contribution >= 4 is 20.1 Å². The molecule has 0 aromatic heterocycles. The van der Waals surface area contributed by atoms with Gasteiger partial charge in [-0.2, -0.15) is 0 Å². The van der Waals surface area contributed by atoms with E-state index in [2.05, 4.69) is 33.9 Å². The van der Waals surface area contributed by atoms with Crippen molar-refractivity contribution in [3.05, 3.63) is 12.2 Å². The van der Waals surface area contributed by atoms with E-state index in [0.29, 0.717) is 13.0 Å². The van der Waals surface area contributed by atoms with Crippen molar-refractivity contribution in [2.24, 2.45) is 5.41 Å². The monoisotopic (exact) mass is 340 g/mol. The van der Waals surface area contributed by atoms with Crippen molar-refractivity contribution in [3.8, 4) is 0 Å². The van der Waals surface area contributed by atoms with Crippen molar-refractivity contribution in [1.82, 2.24) is 0 Å². The summed E-state index contributed by atoms with van der Waals surface area (Å²) >= 11 is 0. The van der Waals surface area contributed by atoms with Gasteiger partial charge in [0.05, 0.1) is 6.61 Å². The highest BCUT2D eigenvalue weighted by molar-refractivity contribution is 6.74. The van der Waals surface area contributed by atoms with Crippen molar-refractivity contribution in [1.29, 1.82) is 0 Å². The van der Waals surface area contributed by atoms with E-state index in [9.17, 15) is 9.59 Å².